The minimum Gasteiger partial charge on any atom is -0.247 e. The first-order valence-electron chi connectivity index (χ1n) is 8.54. The van der Waals surface area contributed by atoms with Gasteiger partial charge in [-0.05, 0) is 48.5 Å². The predicted molar refractivity (Wildman–Crippen MR) is 107 cm³/mol. The van der Waals surface area contributed by atoms with Crippen LogP contribution in [0.4, 0.5) is 4.39 Å². The summed E-state index contributed by atoms with van der Waals surface area (Å²) >= 11 is 6.13. The average Bonchev–Trinajstić information content (AvgIpc) is 2.97. The van der Waals surface area contributed by atoms with Crippen LogP contribution in [-0.2, 0) is 0 Å². The minimum absolute atomic E-state index is 0.342. The molecular weight excluding hydrogens is 379 g/mol. The minimum atomic E-state index is -0.443. The molecule has 5 nitrogen and oxygen atoms in total. The smallest absolute Gasteiger partial charge is 0.247 e. The zero-order valence-corrected chi connectivity index (χ0v) is 15.1. The highest BCUT2D eigenvalue weighted by Crippen LogP contribution is 2.23. The molecule has 7 heteroatoms. The third-order valence-corrected chi connectivity index (χ3v) is 4.71. The van der Waals surface area contributed by atoms with Crippen LogP contribution in [0.15, 0.2) is 77.6 Å². The number of fused-ring (bicyclic) bond motifs is 2. The van der Waals surface area contributed by atoms with Crippen molar-refractivity contribution in [1.82, 2.24) is 19.1 Å². The van der Waals surface area contributed by atoms with Crippen LogP contribution in [0.5, 0.6) is 0 Å². The van der Waals surface area contributed by atoms with Gasteiger partial charge in [0, 0.05) is 5.02 Å². The maximum atomic E-state index is 13.8. The molecule has 0 aliphatic rings. The van der Waals surface area contributed by atoms with Crippen LogP contribution in [0.25, 0.3) is 33.7 Å². The Hall–Kier alpha value is -3.51. The summed E-state index contributed by atoms with van der Waals surface area (Å²) in [6, 6.07) is 20.1. The van der Waals surface area contributed by atoms with E-state index in [2.05, 4.69) is 9.97 Å². The van der Waals surface area contributed by atoms with Crippen molar-refractivity contribution in [1.29, 1.82) is 0 Å². The zero-order valence-electron chi connectivity index (χ0n) is 14.4. The molecule has 0 bridgehead atoms. The van der Waals surface area contributed by atoms with E-state index in [1.54, 1.807) is 36.4 Å². The van der Waals surface area contributed by atoms with Gasteiger partial charge in [0.15, 0.2) is 11.3 Å². The standard InChI is InChI=1S/C21H12ClFN4O/c22-13-5-3-7-15(11-13)26-19-20(25-18-10-2-1-9-17(18)24-19)27(21(26)28)16-8-4-6-14(23)12-16/h1-12H. The Kier molecular flexibility index (Phi) is 3.74. The van der Waals surface area contributed by atoms with Crippen LogP contribution >= 0.6 is 11.6 Å². The first-order valence-corrected chi connectivity index (χ1v) is 8.92. The number of aromatic nitrogens is 4. The molecule has 2 heterocycles. The normalized spacial score (nSPS) is 11.4. The van der Waals surface area contributed by atoms with E-state index in [0.717, 1.165) is 0 Å². The highest BCUT2D eigenvalue weighted by atomic mass is 35.5. The van der Waals surface area contributed by atoms with Gasteiger partial charge in [0.1, 0.15) is 5.82 Å². The number of para-hydroxylation sites is 2. The van der Waals surface area contributed by atoms with Crippen LogP contribution in [0.2, 0.25) is 5.02 Å². The molecule has 3 aromatic carbocycles. The van der Waals surface area contributed by atoms with E-state index in [1.807, 2.05) is 24.3 Å². The van der Waals surface area contributed by atoms with E-state index in [9.17, 15) is 9.18 Å². The fraction of sp³-hybridized carbons (Fsp3) is 0. The van der Waals surface area contributed by atoms with E-state index >= 15 is 0 Å². The molecule has 0 aliphatic heterocycles. The van der Waals surface area contributed by atoms with E-state index < -0.39 is 11.5 Å². The van der Waals surface area contributed by atoms with Gasteiger partial charge in [-0.1, -0.05) is 35.9 Å². The highest BCUT2D eigenvalue weighted by molar-refractivity contribution is 6.30. The predicted octanol–water partition coefficient (Wildman–Crippen LogP) is 4.52. The van der Waals surface area contributed by atoms with Crippen molar-refractivity contribution >= 4 is 33.9 Å². The Labute approximate surface area is 163 Å². The molecule has 0 saturated carbocycles. The van der Waals surface area contributed by atoms with Crippen LogP contribution in [-0.4, -0.2) is 19.1 Å². The van der Waals surface area contributed by atoms with Gasteiger partial charge in [-0.25, -0.2) is 28.3 Å². The van der Waals surface area contributed by atoms with Crippen molar-refractivity contribution < 1.29 is 4.39 Å². The summed E-state index contributed by atoms with van der Waals surface area (Å²) in [7, 11) is 0. The molecule has 0 amide bonds. The summed E-state index contributed by atoms with van der Waals surface area (Å²) in [6.45, 7) is 0. The van der Waals surface area contributed by atoms with Crippen LogP contribution in [0.3, 0.4) is 0 Å². The third-order valence-electron chi connectivity index (χ3n) is 4.47. The molecule has 0 radical (unpaired) electrons. The first kappa shape index (κ1) is 16.6. The van der Waals surface area contributed by atoms with Crippen molar-refractivity contribution in [2.75, 3.05) is 0 Å². The van der Waals surface area contributed by atoms with Crippen molar-refractivity contribution in [3.8, 4) is 11.4 Å². The summed E-state index contributed by atoms with van der Waals surface area (Å²) in [5.74, 6) is -0.443. The number of hydrogen-bond acceptors (Lipinski definition) is 3. The highest BCUT2D eigenvalue weighted by Gasteiger charge is 2.20. The number of hydrogen-bond donors (Lipinski definition) is 0. The van der Waals surface area contributed by atoms with E-state index in [-0.39, 0.29) is 0 Å². The lowest BCUT2D eigenvalue weighted by atomic mass is 10.3. The van der Waals surface area contributed by atoms with E-state index in [4.69, 9.17) is 11.6 Å². The maximum Gasteiger partial charge on any atom is 0.340 e. The van der Waals surface area contributed by atoms with Crippen LogP contribution in [0.1, 0.15) is 0 Å². The Bertz CT molecular complexity index is 1320. The maximum absolute atomic E-state index is 13.8. The number of halogens is 2. The fourth-order valence-corrected chi connectivity index (χ4v) is 3.44. The van der Waals surface area contributed by atoms with Gasteiger partial charge >= 0.3 is 5.69 Å². The lowest BCUT2D eigenvalue weighted by Crippen LogP contribution is -2.22. The van der Waals surface area contributed by atoms with Crippen molar-refractivity contribution in [3.05, 3.63) is 94.1 Å². The van der Waals surface area contributed by atoms with Crippen LogP contribution < -0.4 is 5.69 Å². The summed E-state index contributed by atoms with van der Waals surface area (Å²) in [5.41, 5.74) is 2.54. The topological polar surface area (TPSA) is 52.7 Å². The number of benzene rings is 3. The average molecular weight is 391 g/mol. The van der Waals surface area contributed by atoms with Gasteiger partial charge in [-0.2, -0.15) is 0 Å². The Morgan fingerprint density at radius 2 is 1.32 bits per heavy atom. The molecule has 0 atom stereocenters. The van der Waals surface area contributed by atoms with Crippen molar-refractivity contribution in [3.63, 3.8) is 0 Å². The molecule has 0 N–H and O–H groups in total. The Morgan fingerprint density at radius 1 is 0.750 bits per heavy atom. The lowest BCUT2D eigenvalue weighted by Gasteiger charge is -2.03. The van der Waals surface area contributed by atoms with Gasteiger partial charge in [-0.15, -0.1) is 0 Å². The molecule has 0 fully saturated rings. The Morgan fingerprint density at radius 3 is 1.89 bits per heavy atom. The van der Waals surface area contributed by atoms with Crippen LogP contribution in [0, 0.1) is 5.82 Å². The number of rotatable bonds is 2. The quantitative estimate of drug-likeness (QED) is 0.445. The second-order valence-electron chi connectivity index (χ2n) is 6.27. The molecule has 2 aromatic heterocycles. The molecule has 0 unspecified atom stereocenters. The fourth-order valence-electron chi connectivity index (χ4n) is 3.26. The second kappa shape index (κ2) is 6.28. The first-order chi connectivity index (χ1) is 13.6. The van der Waals surface area contributed by atoms with Crippen molar-refractivity contribution in [2.45, 2.75) is 0 Å². The van der Waals surface area contributed by atoms with Gasteiger partial charge in [-0.3, -0.25) is 0 Å². The lowest BCUT2D eigenvalue weighted by molar-refractivity contribution is 0.626. The molecule has 28 heavy (non-hydrogen) atoms. The molecule has 136 valence electrons. The van der Waals surface area contributed by atoms with Gasteiger partial charge in [0.25, 0.3) is 0 Å². The van der Waals surface area contributed by atoms with Gasteiger partial charge in [0.05, 0.1) is 22.4 Å². The summed E-state index contributed by atoms with van der Waals surface area (Å²) in [5, 5.41) is 0.491. The second-order valence-corrected chi connectivity index (χ2v) is 6.71. The molecule has 0 aliphatic carbocycles. The number of imidazole rings is 1. The largest absolute Gasteiger partial charge is 0.340 e. The molecule has 5 rings (SSSR count). The number of nitrogens with zero attached hydrogens (tertiary/aromatic N) is 4. The third kappa shape index (κ3) is 2.58. The van der Waals surface area contributed by atoms with E-state index in [1.165, 1.54) is 21.3 Å². The molecule has 0 spiro atoms. The van der Waals surface area contributed by atoms with Crippen molar-refractivity contribution in [2.24, 2.45) is 0 Å². The van der Waals surface area contributed by atoms with E-state index in [0.29, 0.717) is 38.7 Å². The summed E-state index contributed by atoms with van der Waals surface area (Å²) in [4.78, 5) is 22.7. The van der Waals surface area contributed by atoms with Gasteiger partial charge < -0.3 is 0 Å². The Balaban J connectivity index is 1.95. The monoisotopic (exact) mass is 390 g/mol. The summed E-state index contributed by atoms with van der Waals surface area (Å²) < 4.78 is 16.6. The zero-order chi connectivity index (χ0) is 19.3. The molecular formula is C21H12ClFN4O. The summed E-state index contributed by atoms with van der Waals surface area (Å²) in [6.07, 6.45) is 0. The molecule has 5 aromatic rings. The van der Waals surface area contributed by atoms with Gasteiger partial charge in [0.2, 0.25) is 0 Å². The SMILES string of the molecule is O=c1n(-c2cccc(F)c2)c2nc3ccccc3nc2n1-c1cccc(Cl)c1. The molecule has 0 saturated heterocycles.